The highest BCUT2D eigenvalue weighted by molar-refractivity contribution is 9.10. The van der Waals surface area contributed by atoms with E-state index >= 15 is 0 Å². The lowest BCUT2D eigenvalue weighted by Gasteiger charge is -2.16. The minimum Gasteiger partial charge on any atom is -0.313 e. The highest BCUT2D eigenvalue weighted by Gasteiger charge is 2.15. The molecule has 1 aromatic carbocycles. The molecular formula is C11H13BrFN. The predicted molar refractivity (Wildman–Crippen MR) is 60.7 cm³/mol. The Morgan fingerprint density at radius 2 is 2.36 bits per heavy atom. The molecule has 0 radical (unpaired) electrons. The van der Waals surface area contributed by atoms with E-state index in [1.54, 1.807) is 12.1 Å². The van der Waals surface area contributed by atoms with Gasteiger partial charge in [0.25, 0.3) is 0 Å². The molecule has 3 heteroatoms. The lowest BCUT2D eigenvalue weighted by Crippen LogP contribution is -2.17. The molecule has 0 bridgehead atoms. The van der Waals surface area contributed by atoms with Crippen molar-refractivity contribution in [1.82, 2.24) is 5.32 Å². The Morgan fingerprint density at radius 1 is 1.64 bits per heavy atom. The van der Waals surface area contributed by atoms with Crippen molar-refractivity contribution in [2.45, 2.75) is 12.5 Å². The molecule has 14 heavy (non-hydrogen) atoms. The number of hydrogen-bond donors (Lipinski definition) is 1. The van der Waals surface area contributed by atoms with Crippen LogP contribution in [0.25, 0.3) is 0 Å². The molecule has 0 saturated heterocycles. The molecule has 0 aliphatic heterocycles. The lowest BCUT2D eigenvalue weighted by molar-refractivity contribution is 0.537. The number of rotatable bonds is 4. The second-order valence-electron chi connectivity index (χ2n) is 3.00. The highest BCUT2D eigenvalue weighted by Crippen LogP contribution is 2.28. The monoisotopic (exact) mass is 257 g/mol. The van der Waals surface area contributed by atoms with Crippen molar-refractivity contribution in [3.63, 3.8) is 0 Å². The maximum atomic E-state index is 13.5. The molecule has 76 valence electrons. The third-order valence-corrected chi connectivity index (χ3v) is 2.79. The molecule has 0 aliphatic rings. The number of nitrogens with one attached hydrogen (secondary N) is 1. The average molecular weight is 258 g/mol. The van der Waals surface area contributed by atoms with Gasteiger partial charge >= 0.3 is 0 Å². The Balaban J connectivity index is 3.07. The molecule has 1 atom stereocenters. The van der Waals surface area contributed by atoms with Crippen molar-refractivity contribution in [2.24, 2.45) is 0 Å². The first-order chi connectivity index (χ1) is 6.70. The Kier molecular flexibility index (Phi) is 4.29. The fourth-order valence-electron chi connectivity index (χ4n) is 1.39. The van der Waals surface area contributed by atoms with Crippen LogP contribution in [0.2, 0.25) is 0 Å². The van der Waals surface area contributed by atoms with Crippen LogP contribution in [0.15, 0.2) is 35.3 Å². The molecule has 1 rings (SSSR count). The third-order valence-electron chi connectivity index (χ3n) is 2.10. The first-order valence-corrected chi connectivity index (χ1v) is 5.22. The maximum Gasteiger partial charge on any atom is 0.129 e. The van der Waals surface area contributed by atoms with Crippen LogP contribution in [0.1, 0.15) is 18.0 Å². The van der Waals surface area contributed by atoms with Gasteiger partial charge in [-0.3, -0.25) is 0 Å². The van der Waals surface area contributed by atoms with E-state index in [9.17, 15) is 4.39 Å². The normalized spacial score (nSPS) is 12.5. The lowest BCUT2D eigenvalue weighted by atomic mass is 10.0. The minimum absolute atomic E-state index is 0.0249. The zero-order valence-electron chi connectivity index (χ0n) is 8.06. The van der Waals surface area contributed by atoms with E-state index in [1.165, 1.54) is 6.07 Å². The van der Waals surface area contributed by atoms with Crippen LogP contribution >= 0.6 is 15.9 Å². The first kappa shape index (κ1) is 11.4. The topological polar surface area (TPSA) is 12.0 Å². The molecule has 0 saturated carbocycles. The summed E-state index contributed by atoms with van der Waals surface area (Å²) >= 11 is 3.34. The summed E-state index contributed by atoms with van der Waals surface area (Å²) in [5, 5.41) is 3.06. The van der Waals surface area contributed by atoms with E-state index in [2.05, 4.69) is 27.8 Å². The summed E-state index contributed by atoms with van der Waals surface area (Å²) in [6.07, 6.45) is 2.48. The Morgan fingerprint density at radius 3 is 2.86 bits per heavy atom. The number of hydrogen-bond acceptors (Lipinski definition) is 1. The molecular weight excluding hydrogens is 245 g/mol. The van der Waals surface area contributed by atoms with Crippen molar-refractivity contribution in [1.29, 1.82) is 0 Å². The fourth-order valence-corrected chi connectivity index (χ4v) is 2.01. The van der Waals surface area contributed by atoms with Crippen molar-refractivity contribution in [3.8, 4) is 0 Å². The standard InChI is InChI=1S/C11H13BrFN/c1-3-5-10(14-2)11-8(12)6-4-7-9(11)13/h3-4,6-7,10,14H,1,5H2,2H3. The van der Waals surface area contributed by atoms with Gasteiger partial charge in [-0.15, -0.1) is 6.58 Å². The molecule has 1 N–H and O–H groups in total. The number of benzene rings is 1. The van der Waals surface area contributed by atoms with Gasteiger partial charge < -0.3 is 5.32 Å². The van der Waals surface area contributed by atoms with E-state index in [0.717, 1.165) is 4.47 Å². The summed E-state index contributed by atoms with van der Waals surface area (Å²) in [6.45, 7) is 3.66. The Labute approximate surface area is 92.1 Å². The van der Waals surface area contributed by atoms with Crippen LogP contribution in [-0.4, -0.2) is 7.05 Å². The predicted octanol–water partition coefficient (Wildman–Crippen LogP) is 3.42. The van der Waals surface area contributed by atoms with Crippen LogP contribution in [0.3, 0.4) is 0 Å². The second-order valence-corrected chi connectivity index (χ2v) is 3.86. The summed E-state index contributed by atoms with van der Waals surface area (Å²) < 4.78 is 14.3. The quantitative estimate of drug-likeness (QED) is 0.816. The minimum atomic E-state index is -0.194. The first-order valence-electron chi connectivity index (χ1n) is 4.42. The van der Waals surface area contributed by atoms with Crippen LogP contribution in [0, 0.1) is 5.82 Å². The van der Waals surface area contributed by atoms with Gasteiger partial charge in [0.15, 0.2) is 0 Å². The van der Waals surface area contributed by atoms with Gasteiger partial charge in [0.2, 0.25) is 0 Å². The highest BCUT2D eigenvalue weighted by atomic mass is 79.9. The average Bonchev–Trinajstić information content (AvgIpc) is 2.16. The zero-order chi connectivity index (χ0) is 10.6. The molecule has 0 fully saturated rings. The molecule has 0 aliphatic carbocycles. The largest absolute Gasteiger partial charge is 0.313 e. The van der Waals surface area contributed by atoms with E-state index in [4.69, 9.17) is 0 Å². The molecule has 0 spiro atoms. The van der Waals surface area contributed by atoms with Crippen LogP contribution in [0.5, 0.6) is 0 Å². The van der Waals surface area contributed by atoms with Gasteiger partial charge in [0, 0.05) is 16.1 Å². The van der Waals surface area contributed by atoms with Gasteiger partial charge in [-0.25, -0.2) is 4.39 Å². The van der Waals surface area contributed by atoms with E-state index < -0.39 is 0 Å². The summed E-state index contributed by atoms with van der Waals surface area (Å²) in [4.78, 5) is 0. The number of halogens is 2. The fraction of sp³-hybridized carbons (Fsp3) is 0.273. The van der Waals surface area contributed by atoms with E-state index in [0.29, 0.717) is 12.0 Å². The smallest absolute Gasteiger partial charge is 0.129 e. The Bertz CT molecular complexity index is 305. The molecule has 1 aromatic rings. The van der Waals surface area contributed by atoms with Crippen molar-refractivity contribution in [2.75, 3.05) is 7.05 Å². The van der Waals surface area contributed by atoms with Crippen molar-refractivity contribution < 1.29 is 4.39 Å². The van der Waals surface area contributed by atoms with Crippen LogP contribution in [-0.2, 0) is 0 Å². The Hall–Kier alpha value is -0.670. The molecule has 0 heterocycles. The molecule has 1 nitrogen and oxygen atoms in total. The summed E-state index contributed by atoms with van der Waals surface area (Å²) in [7, 11) is 1.81. The van der Waals surface area contributed by atoms with Gasteiger partial charge in [-0.1, -0.05) is 28.1 Å². The molecule has 0 aromatic heterocycles. The van der Waals surface area contributed by atoms with Crippen molar-refractivity contribution in [3.05, 3.63) is 46.7 Å². The second kappa shape index (κ2) is 5.27. The van der Waals surface area contributed by atoms with E-state index in [1.807, 2.05) is 13.1 Å². The van der Waals surface area contributed by atoms with Crippen molar-refractivity contribution >= 4 is 15.9 Å². The third kappa shape index (κ3) is 2.42. The maximum absolute atomic E-state index is 13.5. The van der Waals surface area contributed by atoms with Gasteiger partial charge in [-0.2, -0.15) is 0 Å². The van der Waals surface area contributed by atoms with Crippen LogP contribution < -0.4 is 5.32 Å². The van der Waals surface area contributed by atoms with Gasteiger partial charge in [-0.05, 0) is 25.6 Å². The molecule has 1 unspecified atom stereocenters. The van der Waals surface area contributed by atoms with Crippen LogP contribution in [0.4, 0.5) is 4.39 Å². The molecule has 0 amide bonds. The van der Waals surface area contributed by atoms with Gasteiger partial charge in [0.05, 0.1) is 0 Å². The SMILES string of the molecule is C=CCC(NC)c1c(F)cccc1Br. The summed E-state index contributed by atoms with van der Waals surface area (Å²) in [5.74, 6) is -0.194. The van der Waals surface area contributed by atoms with Gasteiger partial charge in [0.1, 0.15) is 5.82 Å². The summed E-state index contributed by atoms with van der Waals surface area (Å²) in [5.41, 5.74) is 0.662. The zero-order valence-corrected chi connectivity index (χ0v) is 9.64. The summed E-state index contributed by atoms with van der Waals surface area (Å²) in [6, 6.07) is 4.96. The van der Waals surface area contributed by atoms with E-state index in [-0.39, 0.29) is 11.9 Å².